The molecule has 0 spiro atoms. The predicted octanol–water partition coefficient (Wildman–Crippen LogP) is 6.53. The van der Waals surface area contributed by atoms with E-state index in [2.05, 4.69) is 0 Å². The number of nitro groups is 1. The Balaban J connectivity index is 1.65. The molecule has 0 radical (unpaired) electrons. The zero-order chi connectivity index (χ0) is 28.2. The number of esters is 1. The summed E-state index contributed by atoms with van der Waals surface area (Å²) in [7, 11) is 0. The Kier molecular flexibility index (Phi) is 7.65. The summed E-state index contributed by atoms with van der Waals surface area (Å²) in [5.74, 6) is -3.87. The number of ether oxygens (including phenoxy) is 3. The maximum atomic E-state index is 13.9. The van der Waals surface area contributed by atoms with Crippen molar-refractivity contribution in [3.05, 3.63) is 104 Å². The summed E-state index contributed by atoms with van der Waals surface area (Å²) < 4.78 is 62.5. The molecule has 12 heteroatoms. The molecule has 200 valence electrons. The van der Waals surface area contributed by atoms with Crippen LogP contribution in [0.2, 0.25) is 0 Å². The molecule has 1 heterocycles. The Morgan fingerprint density at radius 3 is 2.49 bits per heavy atom. The van der Waals surface area contributed by atoms with Gasteiger partial charge >= 0.3 is 12.1 Å². The molecule has 0 saturated heterocycles. The Morgan fingerprint density at radius 1 is 1.05 bits per heavy atom. The zero-order valence-electron chi connectivity index (χ0n) is 20.1. The van der Waals surface area contributed by atoms with E-state index >= 15 is 0 Å². The summed E-state index contributed by atoms with van der Waals surface area (Å²) in [5, 5.41) is 10.6. The molecule has 0 saturated carbocycles. The van der Waals surface area contributed by atoms with E-state index in [4.69, 9.17) is 18.6 Å². The summed E-state index contributed by atoms with van der Waals surface area (Å²) >= 11 is 0. The molecule has 0 aliphatic carbocycles. The van der Waals surface area contributed by atoms with E-state index in [0.717, 1.165) is 18.2 Å². The van der Waals surface area contributed by atoms with Crippen LogP contribution in [0.1, 0.15) is 18.2 Å². The first kappa shape index (κ1) is 26.9. The second-order valence-electron chi connectivity index (χ2n) is 7.83. The molecule has 1 aromatic heterocycles. The average Bonchev–Trinajstić information content (AvgIpc) is 2.89. The Bertz CT molecular complexity index is 1640. The van der Waals surface area contributed by atoms with Gasteiger partial charge in [0.2, 0.25) is 11.2 Å². The normalized spacial score (nSPS) is 11.5. The number of halogens is 3. The molecule has 39 heavy (non-hydrogen) atoms. The van der Waals surface area contributed by atoms with Gasteiger partial charge in [-0.05, 0) is 42.8 Å². The highest BCUT2D eigenvalue weighted by Crippen LogP contribution is 2.40. The highest BCUT2D eigenvalue weighted by molar-refractivity contribution is 5.89. The lowest BCUT2D eigenvalue weighted by atomic mass is 10.2. The first-order valence-electron chi connectivity index (χ1n) is 11.3. The SMILES string of the molecule is CCOc1ccccc1Oc1c(C(F)(F)F)oc2cc(OC(=O)C=Cc3cccc([N+](=O)[O-])c3)ccc2c1=O. The summed E-state index contributed by atoms with van der Waals surface area (Å²) in [6.45, 7) is 1.89. The number of carbonyl (C=O) groups is 1. The maximum absolute atomic E-state index is 13.9. The van der Waals surface area contributed by atoms with Crippen LogP contribution in [0, 0.1) is 10.1 Å². The van der Waals surface area contributed by atoms with Gasteiger partial charge in [0, 0.05) is 24.3 Å². The van der Waals surface area contributed by atoms with Crippen LogP contribution in [0.4, 0.5) is 18.9 Å². The number of carbonyl (C=O) groups excluding carboxylic acids is 1. The Morgan fingerprint density at radius 2 is 1.79 bits per heavy atom. The summed E-state index contributed by atoms with van der Waals surface area (Å²) in [4.78, 5) is 35.6. The summed E-state index contributed by atoms with van der Waals surface area (Å²) in [6.07, 6.45) is -2.85. The Hall–Kier alpha value is -5.13. The van der Waals surface area contributed by atoms with Gasteiger partial charge in [-0.25, -0.2) is 4.79 Å². The number of benzene rings is 3. The molecule has 3 aromatic carbocycles. The molecule has 0 N–H and O–H groups in total. The number of para-hydroxylation sites is 2. The fraction of sp³-hybridized carbons (Fsp3) is 0.111. The maximum Gasteiger partial charge on any atom is 0.453 e. The third-order valence-electron chi connectivity index (χ3n) is 5.15. The first-order chi connectivity index (χ1) is 18.6. The third kappa shape index (κ3) is 6.24. The number of hydrogen-bond donors (Lipinski definition) is 0. The number of non-ortho nitro benzene ring substituents is 1. The van der Waals surface area contributed by atoms with Crippen LogP contribution >= 0.6 is 0 Å². The number of alkyl halides is 3. The van der Waals surface area contributed by atoms with Gasteiger partial charge in [-0.15, -0.1) is 0 Å². The molecule has 0 atom stereocenters. The van der Waals surface area contributed by atoms with Gasteiger partial charge < -0.3 is 18.6 Å². The van der Waals surface area contributed by atoms with E-state index < -0.39 is 39.6 Å². The monoisotopic (exact) mass is 541 g/mol. The van der Waals surface area contributed by atoms with Crippen LogP contribution in [0.25, 0.3) is 17.0 Å². The average molecular weight is 541 g/mol. The lowest BCUT2D eigenvalue weighted by molar-refractivity contribution is -0.384. The third-order valence-corrected chi connectivity index (χ3v) is 5.15. The van der Waals surface area contributed by atoms with Gasteiger partial charge in [-0.3, -0.25) is 14.9 Å². The van der Waals surface area contributed by atoms with Crippen molar-refractivity contribution in [3.63, 3.8) is 0 Å². The van der Waals surface area contributed by atoms with Crippen molar-refractivity contribution < 1.29 is 41.5 Å². The molecule has 9 nitrogen and oxygen atoms in total. The lowest BCUT2D eigenvalue weighted by Gasteiger charge is -2.15. The molecular formula is C27H18F3NO8. The van der Waals surface area contributed by atoms with E-state index in [1.54, 1.807) is 13.0 Å². The van der Waals surface area contributed by atoms with E-state index in [0.29, 0.717) is 5.56 Å². The molecule has 0 unspecified atom stereocenters. The number of hydrogen-bond acceptors (Lipinski definition) is 8. The molecule has 4 aromatic rings. The zero-order valence-corrected chi connectivity index (χ0v) is 20.1. The Labute approximate surface area is 217 Å². The van der Waals surface area contributed by atoms with E-state index in [9.17, 15) is 32.9 Å². The van der Waals surface area contributed by atoms with Crippen LogP contribution in [0.3, 0.4) is 0 Å². The molecule has 4 rings (SSSR count). The second kappa shape index (κ2) is 11.1. The molecule has 0 amide bonds. The van der Waals surface area contributed by atoms with E-state index in [1.165, 1.54) is 54.6 Å². The molecule has 0 bridgehead atoms. The van der Waals surface area contributed by atoms with Crippen LogP contribution in [0.15, 0.2) is 82.0 Å². The van der Waals surface area contributed by atoms with Crippen LogP contribution in [0.5, 0.6) is 23.0 Å². The smallest absolute Gasteiger partial charge is 0.453 e. The molecule has 0 aliphatic rings. The van der Waals surface area contributed by atoms with Crippen LogP contribution in [-0.4, -0.2) is 17.5 Å². The van der Waals surface area contributed by atoms with Gasteiger partial charge in [0.05, 0.1) is 16.9 Å². The van der Waals surface area contributed by atoms with Gasteiger partial charge in [0.1, 0.15) is 11.3 Å². The van der Waals surface area contributed by atoms with E-state index in [-0.39, 0.29) is 34.9 Å². The van der Waals surface area contributed by atoms with Crippen LogP contribution in [-0.2, 0) is 11.0 Å². The molecule has 0 fully saturated rings. The van der Waals surface area contributed by atoms with Crippen molar-refractivity contribution in [1.82, 2.24) is 0 Å². The molecule has 0 aliphatic heterocycles. The minimum atomic E-state index is -5.10. The first-order valence-corrected chi connectivity index (χ1v) is 11.3. The van der Waals surface area contributed by atoms with E-state index in [1.807, 2.05) is 0 Å². The quantitative estimate of drug-likeness (QED) is 0.0812. The summed E-state index contributed by atoms with van der Waals surface area (Å²) in [5.41, 5.74) is -1.43. The standard InChI is InChI=1S/C27H18F3NO8/c1-2-36-20-8-3-4-9-21(20)38-25-24(33)19-12-11-18(15-22(19)39-26(25)27(28,29)30)37-23(32)13-10-16-6-5-7-17(14-16)31(34)35/h3-15H,2H2,1H3. The number of rotatable bonds is 8. The van der Waals surface area contributed by atoms with Crippen molar-refractivity contribution >= 4 is 28.7 Å². The number of nitro benzene ring substituents is 1. The van der Waals surface area contributed by atoms with Gasteiger partial charge in [-0.2, -0.15) is 13.2 Å². The largest absolute Gasteiger partial charge is 0.490 e. The molecular weight excluding hydrogens is 523 g/mol. The second-order valence-corrected chi connectivity index (χ2v) is 7.83. The van der Waals surface area contributed by atoms with Gasteiger partial charge in [0.15, 0.2) is 11.5 Å². The fourth-order valence-electron chi connectivity index (χ4n) is 3.47. The predicted molar refractivity (Wildman–Crippen MR) is 133 cm³/mol. The highest BCUT2D eigenvalue weighted by atomic mass is 19.4. The number of nitrogens with zero attached hydrogens (tertiary/aromatic N) is 1. The highest BCUT2D eigenvalue weighted by Gasteiger charge is 2.40. The van der Waals surface area contributed by atoms with Crippen molar-refractivity contribution in [3.8, 4) is 23.0 Å². The van der Waals surface area contributed by atoms with Crippen molar-refractivity contribution in [2.45, 2.75) is 13.1 Å². The topological polar surface area (TPSA) is 118 Å². The minimum absolute atomic E-state index is 0.113. The lowest BCUT2D eigenvalue weighted by Crippen LogP contribution is -2.16. The van der Waals surface area contributed by atoms with Gasteiger partial charge in [0.25, 0.3) is 11.4 Å². The fourth-order valence-corrected chi connectivity index (χ4v) is 3.47. The van der Waals surface area contributed by atoms with Crippen molar-refractivity contribution in [2.24, 2.45) is 0 Å². The van der Waals surface area contributed by atoms with Crippen molar-refractivity contribution in [1.29, 1.82) is 0 Å². The minimum Gasteiger partial charge on any atom is -0.490 e. The van der Waals surface area contributed by atoms with Crippen molar-refractivity contribution in [2.75, 3.05) is 6.61 Å². The number of fused-ring (bicyclic) bond motifs is 1. The van der Waals surface area contributed by atoms with Gasteiger partial charge in [-0.1, -0.05) is 24.3 Å². The van der Waals surface area contributed by atoms with Crippen LogP contribution < -0.4 is 19.6 Å². The summed E-state index contributed by atoms with van der Waals surface area (Å²) in [6, 6.07) is 14.7.